The molecule has 1 unspecified atom stereocenters. The standard InChI is InChI=1S/C19H24N6O2/c1-13(14-7-5-4-6-8-14)25-15-16(22(2)19(27)23(3)17(15)26)21-18(25)24-11-9-20-10-12-24/h4-8,13,20H,9-12H2,1-3H3. The van der Waals surface area contributed by atoms with Crippen molar-refractivity contribution in [1.82, 2.24) is 24.0 Å². The zero-order valence-corrected chi connectivity index (χ0v) is 15.8. The molecule has 8 heteroatoms. The number of anilines is 1. The fraction of sp³-hybridized carbons (Fsp3) is 0.421. The fourth-order valence-electron chi connectivity index (χ4n) is 3.74. The molecule has 1 aromatic carbocycles. The van der Waals surface area contributed by atoms with E-state index in [9.17, 15) is 9.59 Å². The number of imidazole rings is 1. The Hall–Kier alpha value is -2.87. The number of aromatic nitrogens is 4. The number of hydrogen-bond acceptors (Lipinski definition) is 5. The zero-order chi connectivity index (χ0) is 19.1. The molecule has 1 saturated heterocycles. The van der Waals surface area contributed by atoms with Gasteiger partial charge in [0.15, 0.2) is 11.2 Å². The van der Waals surface area contributed by atoms with Gasteiger partial charge in [-0.25, -0.2) is 4.79 Å². The van der Waals surface area contributed by atoms with Crippen LogP contribution in [0.25, 0.3) is 11.2 Å². The molecule has 1 atom stereocenters. The van der Waals surface area contributed by atoms with Crippen LogP contribution >= 0.6 is 0 Å². The van der Waals surface area contributed by atoms with E-state index in [1.54, 1.807) is 7.05 Å². The monoisotopic (exact) mass is 368 g/mol. The molecular weight excluding hydrogens is 344 g/mol. The summed E-state index contributed by atoms with van der Waals surface area (Å²) in [5, 5.41) is 3.34. The predicted octanol–water partition coefficient (Wildman–Crippen LogP) is 0.453. The van der Waals surface area contributed by atoms with Crippen LogP contribution in [-0.4, -0.2) is 44.9 Å². The SMILES string of the molecule is CC(c1ccccc1)n1c(N2CCNCC2)nc2c1c(=O)n(C)c(=O)n2C. The van der Waals surface area contributed by atoms with Gasteiger partial charge in [-0.2, -0.15) is 4.98 Å². The lowest BCUT2D eigenvalue weighted by Gasteiger charge is -2.30. The third-order valence-corrected chi connectivity index (χ3v) is 5.34. The number of piperazine rings is 1. The molecule has 2 aromatic heterocycles. The Balaban J connectivity index is 2.04. The largest absolute Gasteiger partial charge is 0.340 e. The van der Waals surface area contributed by atoms with Gasteiger partial charge in [0.05, 0.1) is 6.04 Å². The molecule has 0 radical (unpaired) electrons. The van der Waals surface area contributed by atoms with Gasteiger partial charge >= 0.3 is 5.69 Å². The number of benzene rings is 1. The molecule has 0 amide bonds. The van der Waals surface area contributed by atoms with Crippen molar-refractivity contribution in [2.24, 2.45) is 14.1 Å². The van der Waals surface area contributed by atoms with Crippen molar-refractivity contribution in [2.75, 3.05) is 31.1 Å². The van der Waals surface area contributed by atoms with Crippen LogP contribution < -0.4 is 21.5 Å². The molecule has 3 heterocycles. The second-order valence-corrected chi connectivity index (χ2v) is 6.98. The van der Waals surface area contributed by atoms with Gasteiger partial charge in [-0.05, 0) is 12.5 Å². The van der Waals surface area contributed by atoms with Gasteiger partial charge in [-0.1, -0.05) is 30.3 Å². The fourth-order valence-corrected chi connectivity index (χ4v) is 3.74. The Morgan fingerprint density at radius 1 is 1.04 bits per heavy atom. The van der Waals surface area contributed by atoms with Crippen LogP contribution in [-0.2, 0) is 14.1 Å². The Kier molecular flexibility index (Phi) is 4.35. The molecule has 1 N–H and O–H groups in total. The third kappa shape index (κ3) is 2.76. The Morgan fingerprint density at radius 3 is 2.37 bits per heavy atom. The highest BCUT2D eigenvalue weighted by Gasteiger charge is 2.26. The number of fused-ring (bicyclic) bond motifs is 1. The van der Waals surface area contributed by atoms with E-state index in [0.29, 0.717) is 11.2 Å². The molecule has 3 aromatic rings. The van der Waals surface area contributed by atoms with Gasteiger partial charge < -0.3 is 10.2 Å². The summed E-state index contributed by atoms with van der Waals surface area (Å²) < 4.78 is 4.59. The number of hydrogen-bond donors (Lipinski definition) is 1. The second-order valence-electron chi connectivity index (χ2n) is 6.98. The van der Waals surface area contributed by atoms with Crippen LogP contribution in [0.3, 0.4) is 0 Å². The van der Waals surface area contributed by atoms with Gasteiger partial charge in [0, 0.05) is 40.3 Å². The van der Waals surface area contributed by atoms with E-state index >= 15 is 0 Å². The highest BCUT2D eigenvalue weighted by molar-refractivity contribution is 5.75. The van der Waals surface area contributed by atoms with Gasteiger partial charge in [-0.15, -0.1) is 0 Å². The Bertz CT molecular complexity index is 1090. The highest BCUT2D eigenvalue weighted by atomic mass is 16.2. The molecule has 0 saturated carbocycles. The normalized spacial score (nSPS) is 16.0. The first kappa shape index (κ1) is 17.5. The molecular formula is C19H24N6O2. The molecule has 4 rings (SSSR count). The quantitative estimate of drug-likeness (QED) is 0.727. The highest BCUT2D eigenvalue weighted by Crippen LogP contribution is 2.28. The molecule has 0 spiro atoms. The van der Waals surface area contributed by atoms with Crippen molar-refractivity contribution in [2.45, 2.75) is 13.0 Å². The average molecular weight is 368 g/mol. The lowest BCUT2D eigenvalue weighted by molar-refractivity contribution is 0.557. The first-order chi connectivity index (χ1) is 13.0. The van der Waals surface area contributed by atoms with E-state index in [4.69, 9.17) is 4.98 Å². The van der Waals surface area contributed by atoms with Crippen LogP contribution in [0.2, 0.25) is 0 Å². The molecule has 27 heavy (non-hydrogen) atoms. The smallest absolute Gasteiger partial charge is 0.332 e. The Labute approximate surface area is 156 Å². The van der Waals surface area contributed by atoms with Crippen molar-refractivity contribution < 1.29 is 0 Å². The maximum atomic E-state index is 13.0. The third-order valence-electron chi connectivity index (χ3n) is 5.34. The first-order valence-electron chi connectivity index (χ1n) is 9.19. The van der Waals surface area contributed by atoms with Crippen LogP contribution in [0.1, 0.15) is 18.5 Å². The van der Waals surface area contributed by atoms with Crippen molar-refractivity contribution in [3.63, 3.8) is 0 Å². The minimum Gasteiger partial charge on any atom is -0.340 e. The lowest BCUT2D eigenvalue weighted by atomic mass is 10.1. The maximum Gasteiger partial charge on any atom is 0.332 e. The summed E-state index contributed by atoms with van der Waals surface area (Å²) >= 11 is 0. The van der Waals surface area contributed by atoms with E-state index in [2.05, 4.69) is 17.1 Å². The van der Waals surface area contributed by atoms with Gasteiger partial charge in [0.25, 0.3) is 5.56 Å². The Morgan fingerprint density at radius 2 is 1.70 bits per heavy atom. The molecule has 1 aliphatic heterocycles. The number of aryl methyl sites for hydroxylation is 1. The number of nitrogens with one attached hydrogen (secondary N) is 1. The van der Waals surface area contributed by atoms with Gasteiger partial charge in [0.1, 0.15) is 0 Å². The van der Waals surface area contributed by atoms with Crippen molar-refractivity contribution >= 4 is 17.1 Å². The van der Waals surface area contributed by atoms with E-state index in [0.717, 1.165) is 42.3 Å². The zero-order valence-electron chi connectivity index (χ0n) is 15.8. The topological polar surface area (TPSA) is 77.1 Å². The second kappa shape index (κ2) is 6.70. The van der Waals surface area contributed by atoms with Crippen LogP contribution in [0.4, 0.5) is 5.95 Å². The van der Waals surface area contributed by atoms with Crippen molar-refractivity contribution in [3.05, 3.63) is 56.7 Å². The van der Waals surface area contributed by atoms with Crippen molar-refractivity contribution in [1.29, 1.82) is 0 Å². The molecule has 142 valence electrons. The molecule has 8 nitrogen and oxygen atoms in total. The summed E-state index contributed by atoms with van der Waals surface area (Å²) in [6, 6.07) is 9.95. The van der Waals surface area contributed by atoms with E-state index in [-0.39, 0.29) is 17.3 Å². The average Bonchev–Trinajstić information content (AvgIpc) is 3.12. The van der Waals surface area contributed by atoms with Crippen LogP contribution in [0.5, 0.6) is 0 Å². The first-order valence-corrected chi connectivity index (χ1v) is 9.19. The number of nitrogens with zero attached hydrogens (tertiary/aromatic N) is 5. The molecule has 0 bridgehead atoms. The summed E-state index contributed by atoms with van der Waals surface area (Å²) in [6.45, 7) is 5.39. The maximum absolute atomic E-state index is 13.0. The summed E-state index contributed by atoms with van der Waals surface area (Å²) in [5.74, 6) is 0.737. The lowest BCUT2D eigenvalue weighted by Crippen LogP contribution is -2.45. The van der Waals surface area contributed by atoms with E-state index < -0.39 is 0 Å². The summed E-state index contributed by atoms with van der Waals surface area (Å²) in [7, 11) is 3.18. The van der Waals surface area contributed by atoms with E-state index in [1.807, 2.05) is 34.9 Å². The molecule has 1 fully saturated rings. The van der Waals surface area contributed by atoms with Crippen molar-refractivity contribution in [3.8, 4) is 0 Å². The minimum absolute atomic E-state index is 0.0914. The molecule has 1 aliphatic rings. The summed E-state index contributed by atoms with van der Waals surface area (Å²) in [4.78, 5) is 32.3. The van der Waals surface area contributed by atoms with E-state index in [1.165, 1.54) is 11.6 Å². The predicted molar refractivity (Wildman–Crippen MR) is 106 cm³/mol. The minimum atomic E-state index is -0.364. The van der Waals surface area contributed by atoms with Crippen LogP contribution in [0.15, 0.2) is 39.9 Å². The number of rotatable bonds is 3. The van der Waals surface area contributed by atoms with Gasteiger partial charge in [-0.3, -0.25) is 18.5 Å². The summed E-state index contributed by atoms with van der Waals surface area (Å²) in [6.07, 6.45) is 0. The summed E-state index contributed by atoms with van der Waals surface area (Å²) in [5.41, 5.74) is 1.30. The van der Waals surface area contributed by atoms with Gasteiger partial charge in [0.2, 0.25) is 5.95 Å². The van der Waals surface area contributed by atoms with Crippen LogP contribution in [0, 0.1) is 0 Å². The molecule has 0 aliphatic carbocycles.